The van der Waals surface area contributed by atoms with Crippen LogP contribution in [0.2, 0.25) is 0 Å². The lowest BCUT2D eigenvalue weighted by molar-refractivity contribution is 0.255. The van der Waals surface area contributed by atoms with Crippen LogP contribution >= 0.6 is 0 Å². The number of ether oxygens (including phenoxy) is 1. The largest absolute Gasteiger partial charge is 0.497 e. The minimum absolute atomic E-state index is 0.0927. The fraction of sp³-hybridized carbons (Fsp3) is 0.286. The Bertz CT molecular complexity index is 1190. The SMILES string of the molecule is COc1ccc2cc(CN(C)Cn3cc(S(=O)(=O)N(C)C)ccc3=O)ccc2c1. The molecule has 0 unspecified atom stereocenters. The molecule has 29 heavy (non-hydrogen) atoms. The summed E-state index contributed by atoms with van der Waals surface area (Å²) in [5.41, 5.74) is 0.843. The van der Waals surface area contributed by atoms with Crippen molar-refractivity contribution in [3.05, 3.63) is 70.6 Å². The van der Waals surface area contributed by atoms with Crippen molar-refractivity contribution in [1.29, 1.82) is 0 Å². The summed E-state index contributed by atoms with van der Waals surface area (Å²) in [6, 6.07) is 14.7. The monoisotopic (exact) mass is 415 g/mol. The van der Waals surface area contributed by atoms with Gasteiger partial charge in [-0.2, -0.15) is 0 Å². The van der Waals surface area contributed by atoms with E-state index < -0.39 is 10.0 Å². The molecule has 0 saturated carbocycles. The first-order valence-corrected chi connectivity index (χ1v) is 10.5. The first kappa shape index (κ1) is 21.0. The van der Waals surface area contributed by atoms with Crippen LogP contribution in [0.3, 0.4) is 0 Å². The van der Waals surface area contributed by atoms with E-state index in [4.69, 9.17) is 4.74 Å². The molecule has 0 spiro atoms. The zero-order valence-corrected chi connectivity index (χ0v) is 17.8. The van der Waals surface area contributed by atoms with Gasteiger partial charge in [-0.05, 0) is 47.6 Å². The Kier molecular flexibility index (Phi) is 6.07. The average molecular weight is 416 g/mol. The Labute approximate surface area is 170 Å². The maximum Gasteiger partial charge on any atom is 0.251 e. The van der Waals surface area contributed by atoms with Crippen molar-refractivity contribution in [3.63, 3.8) is 0 Å². The number of sulfonamides is 1. The Balaban J connectivity index is 1.79. The van der Waals surface area contributed by atoms with E-state index in [1.54, 1.807) is 7.11 Å². The summed E-state index contributed by atoms with van der Waals surface area (Å²) in [7, 11) is 2.86. The van der Waals surface area contributed by atoms with Crippen molar-refractivity contribution in [2.45, 2.75) is 18.1 Å². The highest BCUT2D eigenvalue weighted by Crippen LogP contribution is 2.22. The summed E-state index contributed by atoms with van der Waals surface area (Å²) < 4.78 is 32.5. The quantitative estimate of drug-likeness (QED) is 0.592. The summed E-state index contributed by atoms with van der Waals surface area (Å²) in [5.74, 6) is 0.814. The minimum atomic E-state index is -3.60. The summed E-state index contributed by atoms with van der Waals surface area (Å²) in [4.78, 5) is 14.3. The number of hydrogen-bond donors (Lipinski definition) is 0. The van der Waals surface area contributed by atoms with Crippen molar-refractivity contribution in [2.75, 3.05) is 28.3 Å². The molecule has 3 rings (SSSR count). The number of rotatable bonds is 7. The molecular formula is C21H25N3O4S. The van der Waals surface area contributed by atoms with E-state index in [1.165, 1.54) is 37.0 Å². The number of benzene rings is 2. The molecule has 1 aromatic heterocycles. The molecular weight excluding hydrogens is 390 g/mol. The third-order valence-electron chi connectivity index (χ3n) is 4.69. The summed E-state index contributed by atoms with van der Waals surface area (Å²) in [6.45, 7) is 0.884. The maximum atomic E-state index is 12.3. The molecule has 0 N–H and O–H groups in total. The van der Waals surface area contributed by atoms with Gasteiger partial charge in [0.05, 0.1) is 18.7 Å². The van der Waals surface area contributed by atoms with Gasteiger partial charge in [-0.3, -0.25) is 9.69 Å². The molecule has 0 radical (unpaired) electrons. The van der Waals surface area contributed by atoms with Crippen LogP contribution in [-0.2, 0) is 23.2 Å². The number of nitrogens with zero attached hydrogens (tertiary/aromatic N) is 3. The topological polar surface area (TPSA) is 71.8 Å². The standard InChI is InChI=1S/C21H25N3O4S/c1-22(2)29(26,27)20-9-10-21(25)24(14-20)15-23(3)13-16-5-6-18-12-19(28-4)8-7-17(18)11-16/h5-12,14H,13,15H2,1-4H3. The first-order valence-electron chi connectivity index (χ1n) is 9.09. The molecule has 0 saturated heterocycles. The molecule has 154 valence electrons. The van der Waals surface area contributed by atoms with Crippen LogP contribution in [0.25, 0.3) is 10.8 Å². The third kappa shape index (κ3) is 4.67. The normalized spacial score (nSPS) is 12.1. The molecule has 3 aromatic rings. The fourth-order valence-corrected chi connectivity index (χ4v) is 4.03. The molecule has 0 fully saturated rings. The zero-order valence-electron chi connectivity index (χ0n) is 17.0. The van der Waals surface area contributed by atoms with E-state index >= 15 is 0 Å². The summed E-state index contributed by atoms with van der Waals surface area (Å²) in [5, 5.41) is 2.20. The van der Waals surface area contributed by atoms with Crippen LogP contribution in [-0.4, -0.2) is 50.4 Å². The average Bonchev–Trinajstić information content (AvgIpc) is 2.68. The molecule has 0 aliphatic rings. The molecule has 0 bridgehead atoms. The van der Waals surface area contributed by atoms with E-state index in [0.717, 1.165) is 26.4 Å². The summed E-state index contributed by atoms with van der Waals surface area (Å²) >= 11 is 0. The van der Waals surface area contributed by atoms with Gasteiger partial charge in [-0.1, -0.05) is 18.2 Å². The van der Waals surface area contributed by atoms with E-state index in [9.17, 15) is 13.2 Å². The van der Waals surface area contributed by atoms with Crippen LogP contribution in [0.5, 0.6) is 5.75 Å². The molecule has 2 aromatic carbocycles. The van der Waals surface area contributed by atoms with Crippen molar-refractivity contribution >= 4 is 20.8 Å². The van der Waals surface area contributed by atoms with Gasteiger partial charge in [-0.25, -0.2) is 12.7 Å². The van der Waals surface area contributed by atoms with E-state index in [0.29, 0.717) is 6.54 Å². The zero-order chi connectivity index (χ0) is 21.2. The molecule has 1 heterocycles. The van der Waals surface area contributed by atoms with Gasteiger partial charge in [0.2, 0.25) is 10.0 Å². The van der Waals surface area contributed by atoms with Crippen molar-refractivity contribution < 1.29 is 13.2 Å². The smallest absolute Gasteiger partial charge is 0.251 e. The molecule has 8 heteroatoms. The molecule has 0 aliphatic heterocycles. The minimum Gasteiger partial charge on any atom is -0.497 e. The Morgan fingerprint density at radius 2 is 1.66 bits per heavy atom. The van der Waals surface area contributed by atoms with Crippen LogP contribution in [0.4, 0.5) is 0 Å². The predicted molar refractivity (Wildman–Crippen MR) is 114 cm³/mol. The Morgan fingerprint density at radius 3 is 2.34 bits per heavy atom. The van der Waals surface area contributed by atoms with E-state index in [2.05, 4.69) is 6.07 Å². The van der Waals surface area contributed by atoms with Gasteiger partial charge >= 0.3 is 0 Å². The van der Waals surface area contributed by atoms with Crippen molar-refractivity contribution in [1.82, 2.24) is 13.8 Å². The molecule has 0 aliphatic carbocycles. The van der Waals surface area contributed by atoms with Gasteiger partial charge < -0.3 is 9.30 Å². The first-order chi connectivity index (χ1) is 13.7. The number of methoxy groups -OCH3 is 1. The highest BCUT2D eigenvalue weighted by Gasteiger charge is 2.18. The van der Waals surface area contributed by atoms with Gasteiger partial charge in [0.25, 0.3) is 5.56 Å². The van der Waals surface area contributed by atoms with Gasteiger partial charge in [-0.15, -0.1) is 0 Å². The van der Waals surface area contributed by atoms with Crippen molar-refractivity contribution in [2.24, 2.45) is 0 Å². The van der Waals surface area contributed by atoms with E-state index in [1.807, 2.05) is 42.3 Å². The predicted octanol–water partition coefficient (Wildman–Crippen LogP) is 2.35. The van der Waals surface area contributed by atoms with Crippen LogP contribution in [0.1, 0.15) is 5.56 Å². The molecule has 0 amide bonds. The maximum absolute atomic E-state index is 12.3. The second-order valence-electron chi connectivity index (χ2n) is 7.16. The second kappa shape index (κ2) is 8.36. The molecule has 0 atom stereocenters. The number of pyridine rings is 1. The van der Waals surface area contributed by atoms with Crippen molar-refractivity contribution in [3.8, 4) is 5.75 Å². The Hall–Kier alpha value is -2.68. The number of fused-ring (bicyclic) bond motifs is 1. The second-order valence-corrected chi connectivity index (χ2v) is 9.32. The third-order valence-corrected chi connectivity index (χ3v) is 6.49. The van der Waals surface area contributed by atoms with Crippen LogP contribution in [0, 0.1) is 0 Å². The lowest BCUT2D eigenvalue weighted by Crippen LogP contribution is -2.30. The highest BCUT2D eigenvalue weighted by atomic mass is 32.2. The van der Waals surface area contributed by atoms with E-state index in [-0.39, 0.29) is 17.1 Å². The number of hydrogen-bond acceptors (Lipinski definition) is 5. The number of aromatic nitrogens is 1. The van der Waals surface area contributed by atoms with Gasteiger partial charge in [0.1, 0.15) is 5.75 Å². The fourth-order valence-electron chi connectivity index (χ4n) is 3.10. The Morgan fingerprint density at radius 1 is 0.966 bits per heavy atom. The molecule has 7 nitrogen and oxygen atoms in total. The van der Waals surface area contributed by atoms with Gasteiger partial charge in [0, 0.05) is 32.9 Å². The van der Waals surface area contributed by atoms with Gasteiger partial charge in [0.15, 0.2) is 0 Å². The lowest BCUT2D eigenvalue weighted by Gasteiger charge is -2.19. The lowest BCUT2D eigenvalue weighted by atomic mass is 10.1. The van der Waals surface area contributed by atoms with Crippen LogP contribution in [0.15, 0.2) is 64.4 Å². The van der Waals surface area contributed by atoms with Crippen LogP contribution < -0.4 is 10.3 Å². The summed E-state index contributed by atoms with van der Waals surface area (Å²) in [6.07, 6.45) is 1.39. The highest BCUT2D eigenvalue weighted by molar-refractivity contribution is 7.89.